The van der Waals surface area contributed by atoms with E-state index in [-0.39, 0.29) is 6.10 Å². The molecular weight excluding hydrogens is 314 g/mol. The molecule has 0 bridgehead atoms. The van der Waals surface area contributed by atoms with Crippen LogP contribution in [0.5, 0.6) is 5.75 Å². The van der Waals surface area contributed by atoms with Crippen LogP contribution in [0.15, 0.2) is 53.0 Å². The highest BCUT2D eigenvalue weighted by Gasteiger charge is 2.05. The summed E-state index contributed by atoms with van der Waals surface area (Å²) in [6, 6.07) is 16.4. The first-order valence-electron chi connectivity index (χ1n) is 6.85. The van der Waals surface area contributed by atoms with Crippen molar-refractivity contribution in [3.8, 4) is 5.75 Å². The molecule has 2 rings (SSSR count). The van der Waals surface area contributed by atoms with Crippen molar-refractivity contribution in [1.82, 2.24) is 5.32 Å². The molecule has 0 spiro atoms. The van der Waals surface area contributed by atoms with Crippen LogP contribution in [-0.2, 0) is 13.1 Å². The first-order valence-corrected chi connectivity index (χ1v) is 7.65. The van der Waals surface area contributed by atoms with Crippen molar-refractivity contribution in [2.24, 2.45) is 0 Å². The summed E-state index contributed by atoms with van der Waals surface area (Å²) in [5, 5.41) is 3.46. The summed E-state index contributed by atoms with van der Waals surface area (Å²) >= 11 is 3.57. The molecule has 0 aliphatic carbocycles. The molecule has 2 nitrogen and oxygen atoms in total. The Balaban J connectivity index is 1.96. The van der Waals surface area contributed by atoms with Crippen molar-refractivity contribution in [2.45, 2.75) is 33.0 Å². The summed E-state index contributed by atoms with van der Waals surface area (Å²) in [5.41, 5.74) is 2.45. The van der Waals surface area contributed by atoms with Crippen LogP contribution >= 0.6 is 15.9 Å². The third kappa shape index (κ3) is 4.36. The molecule has 0 aliphatic heterocycles. The van der Waals surface area contributed by atoms with Gasteiger partial charge < -0.3 is 10.1 Å². The Bertz CT molecular complexity index is 554. The van der Waals surface area contributed by atoms with Crippen LogP contribution in [-0.4, -0.2) is 6.10 Å². The monoisotopic (exact) mass is 333 g/mol. The molecule has 20 heavy (non-hydrogen) atoms. The highest BCUT2D eigenvalue weighted by atomic mass is 79.9. The molecule has 0 saturated carbocycles. The third-order valence-corrected chi connectivity index (χ3v) is 3.70. The van der Waals surface area contributed by atoms with Gasteiger partial charge in [-0.2, -0.15) is 0 Å². The standard InChI is InChI=1S/C17H20BrNO/c1-13(2)20-17-10-6-4-8-15(17)12-19-11-14-7-3-5-9-16(14)18/h3-10,13,19H,11-12H2,1-2H3. The Hall–Kier alpha value is -1.32. The van der Waals surface area contributed by atoms with Gasteiger partial charge >= 0.3 is 0 Å². The average molecular weight is 334 g/mol. The number of halogens is 1. The van der Waals surface area contributed by atoms with E-state index in [4.69, 9.17) is 4.74 Å². The van der Waals surface area contributed by atoms with Gasteiger partial charge in [0, 0.05) is 23.1 Å². The zero-order valence-electron chi connectivity index (χ0n) is 11.9. The normalized spacial score (nSPS) is 10.8. The first-order chi connectivity index (χ1) is 9.66. The molecule has 1 N–H and O–H groups in total. The molecule has 2 aromatic rings. The number of rotatable bonds is 6. The van der Waals surface area contributed by atoms with Gasteiger partial charge in [0.25, 0.3) is 0 Å². The molecule has 0 saturated heterocycles. The van der Waals surface area contributed by atoms with Gasteiger partial charge in [-0.25, -0.2) is 0 Å². The van der Waals surface area contributed by atoms with Gasteiger partial charge in [0.15, 0.2) is 0 Å². The van der Waals surface area contributed by atoms with Crippen LogP contribution in [0.1, 0.15) is 25.0 Å². The van der Waals surface area contributed by atoms with Crippen molar-refractivity contribution >= 4 is 15.9 Å². The quantitative estimate of drug-likeness (QED) is 0.838. The maximum Gasteiger partial charge on any atom is 0.124 e. The van der Waals surface area contributed by atoms with Crippen LogP contribution in [0.2, 0.25) is 0 Å². The molecule has 0 fully saturated rings. The molecule has 0 atom stereocenters. The number of benzene rings is 2. The average Bonchev–Trinajstić information content (AvgIpc) is 2.42. The second-order valence-electron chi connectivity index (χ2n) is 4.97. The van der Waals surface area contributed by atoms with Crippen LogP contribution in [0.25, 0.3) is 0 Å². The molecule has 0 aliphatic rings. The lowest BCUT2D eigenvalue weighted by Crippen LogP contribution is -2.15. The van der Waals surface area contributed by atoms with Crippen molar-refractivity contribution in [3.63, 3.8) is 0 Å². The summed E-state index contributed by atoms with van der Waals surface area (Å²) in [7, 11) is 0. The maximum atomic E-state index is 5.82. The topological polar surface area (TPSA) is 21.3 Å². The summed E-state index contributed by atoms with van der Waals surface area (Å²) in [5.74, 6) is 0.960. The predicted molar refractivity (Wildman–Crippen MR) is 86.9 cm³/mol. The molecule has 0 radical (unpaired) electrons. The van der Waals surface area contributed by atoms with Gasteiger partial charge in [-0.05, 0) is 31.5 Å². The summed E-state index contributed by atoms with van der Waals surface area (Å²) in [4.78, 5) is 0. The van der Waals surface area contributed by atoms with Crippen molar-refractivity contribution in [2.75, 3.05) is 0 Å². The molecule has 0 unspecified atom stereocenters. The Labute approximate surface area is 129 Å². The first kappa shape index (κ1) is 15.1. The van der Waals surface area contributed by atoms with Crippen molar-refractivity contribution < 1.29 is 4.74 Å². The highest BCUT2D eigenvalue weighted by Crippen LogP contribution is 2.20. The zero-order chi connectivity index (χ0) is 14.4. The summed E-state index contributed by atoms with van der Waals surface area (Å²) in [6.07, 6.45) is 0.194. The molecule has 0 aromatic heterocycles. The highest BCUT2D eigenvalue weighted by molar-refractivity contribution is 9.10. The SMILES string of the molecule is CC(C)Oc1ccccc1CNCc1ccccc1Br. The largest absolute Gasteiger partial charge is 0.491 e. The van der Waals surface area contributed by atoms with Crippen molar-refractivity contribution in [1.29, 1.82) is 0 Å². The van der Waals surface area contributed by atoms with E-state index in [1.54, 1.807) is 0 Å². The summed E-state index contributed by atoms with van der Waals surface area (Å²) in [6.45, 7) is 5.72. The van der Waals surface area contributed by atoms with Crippen LogP contribution in [0.3, 0.4) is 0 Å². The number of para-hydroxylation sites is 1. The molecule has 106 valence electrons. The fourth-order valence-corrected chi connectivity index (χ4v) is 2.42. The van der Waals surface area contributed by atoms with Gasteiger partial charge in [-0.15, -0.1) is 0 Å². The van der Waals surface area contributed by atoms with Gasteiger partial charge in [0.1, 0.15) is 5.75 Å². The van der Waals surface area contributed by atoms with E-state index in [1.807, 2.05) is 38.1 Å². The van der Waals surface area contributed by atoms with Crippen molar-refractivity contribution in [3.05, 3.63) is 64.1 Å². The Morgan fingerprint density at radius 2 is 1.55 bits per heavy atom. The van der Waals surface area contributed by atoms with E-state index in [0.717, 1.165) is 23.3 Å². The van der Waals surface area contributed by atoms with Gasteiger partial charge in [0.05, 0.1) is 6.10 Å². The molecule has 2 aromatic carbocycles. The minimum Gasteiger partial charge on any atom is -0.491 e. The van der Waals surface area contributed by atoms with E-state index in [2.05, 4.69) is 45.5 Å². The summed E-state index contributed by atoms with van der Waals surface area (Å²) < 4.78 is 6.96. The smallest absolute Gasteiger partial charge is 0.124 e. The van der Waals surface area contributed by atoms with Gasteiger partial charge in [-0.3, -0.25) is 0 Å². The van der Waals surface area contributed by atoms with E-state index >= 15 is 0 Å². The van der Waals surface area contributed by atoms with E-state index < -0.39 is 0 Å². The Morgan fingerprint density at radius 1 is 0.950 bits per heavy atom. The van der Waals surface area contributed by atoms with Crippen LogP contribution < -0.4 is 10.1 Å². The molecular formula is C17H20BrNO. The Morgan fingerprint density at radius 3 is 2.25 bits per heavy atom. The fourth-order valence-electron chi connectivity index (χ4n) is 1.99. The molecule has 3 heteroatoms. The number of ether oxygens (including phenoxy) is 1. The minimum absolute atomic E-state index is 0.194. The van der Waals surface area contributed by atoms with Gasteiger partial charge in [0.2, 0.25) is 0 Å². The minimum atomic E-state index is 0.194. The number of nitrogens with one attached hydrogen (secondary N) is 1. The van der Waals surface area contributed by atoms with E-state index in [9.17, 15) is 0 Å². The fraction of sp³-hybridized carbons (Fsp3) is 0.294. The van der Waals surface area contributed by atoms with E-state index in [1.165, 1.54) is 11.1 Å². The van der Waals surface area contributed by atoms with Gasteiger partial charge in [-0.1, -0.05) is 52.3 Å². The van der Waals surface area contributed by atoms with Crippen LogP contribution in [0, 0.1) is 0 Å². The van der Waals surface area contributed by atoms with Crippen LogP contribution in [0.4, 0.5) is 0 Å². The predicted octanol–water partition coefficient (Wildman–Crippen LogP) is 4.53. The number of hydrogen-bond donors (Lipinski definition) is 1. The number of hydrogen-bond acceptors (Lipinski definition) is 2. The lowest BCUT2D eigenvalue weighted by atomic mass is 10.2. The third-order valence-electron chi connectivity index (χ3n) is 2.92. The lowest BCUT2D eigenvalue weighted by Gasteiger charge is -2.14. The van der Waals surface area contributed by atoms with E-state index in [0.29, 0.717) is 0 Å². The Kier molecular flexibility index (Phi) is 5.62. The second-order valence-corrected chi connectivity index (χ2v) is 5.82. The second kappa shape index (κ2) is 7.46. The zero-order valence-corrected chi connectivity index (χ0v) is 13.5. The maximum absolute atomic E-state index is 5.82. The molecule has 0 amide bonds. The lowest BCUT2D eigenvalue weighted by molar-refractivity contribution is 0.239. The molecule has 0 heterocycles.